The molecule has 0 spiro atoms. The Hall–Kier alpha value is -0.800. The molecule has 0 aliphatic heterocycles. The van der Waals surface area contributed by atoms with Gasteiger partial charge in [-0.25, -0.2) is 4.98 Å². The molecule has 1 nitrogen and oxygen atoms in total. The van der Waals surface area contributed by atoms with E-state index in [1.54, 1.807) is 11.3 Å². The van der Waals surface area contributed by atoms with Crippen LogP contribution in [-0.2, 0) is 5.75 Å². The first-order valence-corrected chi connectivity index (χ1v) is 6.76. The minimum Gasteiger partial charge on any atom is -0.240 e. The number of thiol groups is 1. The van der Waals surface area contributed by atoms with Crippen molar-refractivity contribution in [2.24, 2.45) is 0 Å². The van der Waals surface area contributed by atoms with Gasteiger partial charge in [-0.3, -0.25) is 0 Å². The summed E-state index contributed by atoms with van der Waals surface area (Å²) < 4.78 is 0. The number of hydrogen-bond acceptors (Lipinski definition) is 3. The van der Waals surface area contributed by atoms with Gasteiger partial charge in [0.15, 0.2) is 0 Å². The van der Waals surface area contributed by atoms with Crippen LogP contribution in [0.15, 0.2) is 17.5 Å². The van der Waals surface area contributed by atoms with Crippen LogP contribution in [0.2, 0.25) is 0 Å². The Labute approximate surface area is 106 Å². The maximum Gasteiger partial charge on any atom is 0.123 e. The molecule has 84 valence electrons. The van der Waals surface area contributed by atoms with Gasteiger partial charge in [0.25, 0.3) is 0 Å². The predicted molar refractivity (Wildman–Crippen MR) is 74.5 cm³/mol. The Morgan fingerprint density at radius 3 is 2.44 bits per heavy atom. The van der Waals surface area contributed by atoms with E-state index in [9.17, 15) is 0 Å². The van der Waals surface area contributed by atoms with Crippen LogP contribution in [0.5, 0.6) is 0 Å². The molecule has 2 rings (SSSR count). The normalized spacial score (nSPS) is 10.8. The van der Waals surface area contributed by atoms with Gasteiger partial charge in [0, 0.05) is 16.7 Å². The molecule has 1 heterocycles. The zero-order valence-corrected chi connectivity index (χ0v) is 11.5. The first kappa shape index (κ1) is 11.7. The van der Waals surface area contributed by atoms with E-state index in [1.807, 2.05) is 0 Å². The highest BCUT2D eigenvalue weighted by molar-refractivity contribution is 7.79. The summed E-state index contributed by atoms with van der Waals surface area (Å²) in [6.45, 7) is 6.43. The van der Waals surface area contributed by atoms with Crippen LogP contribution in [0.1, 0.15) is 22.4 Å². The highest BCUT2D eigenvalue weighted by Gasteiger charge is 2.08. The third-order valence-corrected chi connectivity index (χ3v) is 4.03. The summed E-state index contributed by atoms with van der Waals surface area (Å²) in [4.78, 5) is 4.57. The van der Waals surface area contributed by atoms with Crippen LogP contribution < -0.4 is 0 Å². The lowest BCUT2D eigenvalue weighted by atomic mass is 10.0. The van der Waals surface area contributed by atoms with Crippen LogP contribution in [0.3, 0.4) is 0 Å². The summed E-state index contributed by atoms with van der Waals surface area (Å²) in [5.41, 5.74) is 6.26. The van der Waals surface area contributed by atoms with Gasteiger partial charge in [0.1, 0.15) is 5.01 Å². The predicted octanol–water partition coefficient (Wildman–Crippen LogP) is 4.17. The van der Waals surface area contributed by atoms with Crippen LogP contribution in [-0.4, -0.2) is 4.98 Å². The molecule has 0 bridgehead atoms. The molecule has 0 aliphatic rings. The Bertz CT molecular complexity index is 515. The topological polar surface area (TPSA) is 12.9 Å². The van der Waals surface area contributed by atoms with Gasteiger partial charge in [0.2, 0.25) is 0 Å². The number of aromatic nitrogens is 1. The molecule has 16 heavy (non-hydrogen) atoms. The van der Waals surface area contributed by atoms with Crippen LogP contribution in [0.4, 0.5) is 0 Å². The lowest BCUT2D eigenvalue weighted by molar-refractivity contribution is 1.23. The number of aryl methyl sites for hydroxylation is 3. The fraction of sp³-hybridized carbons (Fsp3) is 0.308. The molecule has 0 unspecified atom stereocenters. The van der Waals surface area contributed by atoms with Gasteiger partial charge >= 0.3 is 0 Å². The van der Waals surface area contributed by atoms with Gasteiger partial charge in [0.05, 0.1) is 5.69 Å². The molecule has 0 N–H and O–H groups in total. The number of hydrogen-bond donors (Lipinski definition) is 1. The summed E-state index contributed by atoms with van der Waals surface area (Å²) in [7, 11) is 0. The lowest BCUT2D eigenvalue weighted by Crippen LogP contribution is -1.88. The van der Waals surface area contributed by atoms with E-state index in [1.165, 1.54) is 22.3 Å². The van der Waals surface area contributed by atoms with Gasteiger partial charge < -0.3 is 0 Å². The standard InChI is InChI=1S/C13H15NS2/c1-8-4-10(3)12(5-9(8)2)13-14-11(6-15)7-16-13/h4-5,7,15H,6H2,1-3H3. The van der Waals surface area contributed by atoms with Crippen LogP contribution in [0, 0.1) is 20.8 Å². The Kier molecular flexibility index (Phi) is 3.36. The fourth-order valence-electron chi connectivity index (χ4n) is 1.69. The molecule has 2 aromatic rings. The fourth-order valence-corrected chi connectivity index (χ4v) is 2.88. The van der Waals surface area contributed by atoms with Crippen molar-refractivity contribution in [2.75, 3.05) is 0 Å². The van der Waals surface area contributed by atoms with E-state index in [0.717, 1.165) is 10.7 Å². The molecule has 3 heteroatoms. The minimum atomic E-state index is 0.709. The average Bonchev–Trinajstić information content (AvgIpc) is 2.71. The van der Waals surface area contributed by atoms with E-state index >= 15 is 0 Å². The van der Waals surface area contributed by atoms with Crippen molar-refractivity contribution in [3.8, 4) is 10.6 Å². The summed E-state index contributed by atoms with van der Waals surface area (Å²) in [6, 6.07) is 4.46. The molecule has 0 saturated carbocycles. The van der Waals surface area contributed by atoms with Crippen molar-refractivity contribution >= 4 is 24.0 Å². The van der Waals surface area contributed by atoms with Crippen molar-refractivity contribution < 1.29 is 0 Å². The van der Waals surface area contributed by atoms with E-state index in [2.05, 4.69) is 55.9 Å². The largest absolute Gasteiger partial charge is 0.240 e. The molecule has 0 saturated heterocycles. The molecule has 1 aromatic carbocycles. The van der Waals surface area contributed by atoms with Crippen molar-refractivity contribution in [1.82, 2.24) is 4.98 Å². The second-order valence-electron chi connectivity index (χ2n) is 4.05. The van der Waals surface area contributed by atoms with Crippen LogP contribution in [0.25, 0.3) is 10.6 Å². The van der Waals surface area contributed by atoms with Crippen molar-refractivity contribution in [3.63, 3.8) is 0 Å². The first-order chi connectivity index (χ1) is 7.61. The monoisotopic (exact) mass is 249 g/mol. The highest BCUT2D eigenvalue weighted by Crippen LogP contribution is 2.29. The highest BCUT2D eigenvalue weighted by atomic mass is 32.1. The third kappa shape index (κ3) is 2.15. The van der Waals surface area contributed by atoms with E-state index in [0.29, 0.717) is 5.75 Å². The molecular formula is C13H15NS2. The number of nitrogens with zero attached hydrogens (tertiary/aromatic N) is 1. The number of benzene rings is 1. The number of thiazole rings is 1. The smallest absolute Gasteiger partial charge is 0.123 e. The van der Waals surface area contributed by atoms with Crippen molar-refractivity contribution in [1.29, 1.82) is 0 Å². The van der Waals surface area contributed by atoms with E-state index in [4.69, 9.17) is 0 Å². The lowest BCUT2D eigenvalue weighted by Gasteiger charge is -2.07. The Balaban J connectivity index is 2.51. The number of rotatable bonds is 2. The SMILES string of the molecule is Cc1cc(C)c(-c2nc(CS)cs2)cc1C. The maximum atomic E-state index is 4.57. The van der Waals surface area contributed by atoms with Crippen molar-refractivity contribution in [3.05, 3.63) is 39.9 Å². The summed E-state index contributed by atoms with van der Waals surface area (Å²) >= 11 is 5.94. The molecule has 0 radical (unpaired) electrons. The molecule has 0 amide bonds. The second-order valence-corrected chi connectivity index (χ2v) is 5.23. The molecule has 0 aliphatic carbocycles. The van der Waals surface area contributed by atoms with Gasteiger partial charge in [-0.2, -0.15) is 12.6 Å². The summed E-state index contributed by atoms with van der Waals surface area (Å²) in [5, 5.41) is 3.18. The van der Waals surface area contributed by atoms with Crippen molar-refractivity contribution in [2.45, 2.75) is 26.5 Å². The summed E-state index contributed by atoms with van der Waals surface area (Å²) in [5.74, 6) is 0.709. The van der Waals surface area contributed by atoms with Gasteiger partial charge in [-0.05, 0) is 43.5 Å². The van der Waals surface area contributed by atoms with E-state index in [-0.39, 0.29) is 0 Å². The van der Waals surface area contributed by atoms with Gasteiger partial charge in [-0.15, -0.1) is 11.3 Å². The zero-order chi connectivity index (χ0) is 11.7. The minimum absolute atomic E-state index is 0.709. The maximum absolute atomic E-state index is 4.57. The first-order valence-electron chi connectivity index (χ1n) is 5.25. The zero-order valence-electron chi connectivity index (χ0n) is 9.74. The summed E-state index contributed by atoms with van der Waals surface area (Å²) in [6.07, 6.45) is 0. The van der Waals surface area contributed by atoms with Gasteiger partial charge in [-0.1, -0.05) is 6.07 Å². The second kappa shape index (κ2) is 4.60. The van der Waals surface area contributed by atoms with Crippen LogP contribution >= 0.6 is 24.0 Å². The average molecular weight is 249 g/mol. The Morgan fingerprint density at radius 1 is 1.12 bits per heavy atom. The molecule has 1 aromatic heterocycles. The Morgan fingerprint density at radius 2 is 1.81 bits per heavy atom. The molecule has 0 atom stereocenters. The van der Waals surface area contributed by atoms with E-state index < -0.39 is 0 Å². The molecular weight excluding hydrogens is 234 g/mol. The molecule has 0 fully saturated rings. The quantitative estimate of drug-likeness (QED) is 0.788. The third-order valence-electron chi connectivity index (χ3n) is 2.78.